The van der Waals surface area contributed by atoms with Crippen molar-refractivity contribution in [2.45, 2.75) is 33.4 Å². The number of hydrogen-bond acceptors (Lipinski definition) is 5. The molecule has 0 aliphatic heterocycles. The van der Waals surface area contributed by atoms with Crippen molar-refractivity contribution in [3.63, 3.8) is 0 Å². The molecule has 2 aromatic rings. The van der Waals surface area contributed by atoms with Crippen molar-refractivity contribution in [2.75, 3.05) is 11.9 Å². The van der Waals surface area contributed by atoms with E-state index in [1.807, 2.05) is 13.0 Å². The van der Waals surface area contributed by atoms with Crippen molar-refractivity contribution >= 4 is 17.4 Å². The molecular weight excluding hydrogens is 288 g/mol. The molecule has 112 valence electrons. The molecule has 2 rings (SSSR count). The molecule has 0 spiro atoms. The van der Waals surface area contributed by atoms with Crippen LogP contribution in [0.3, 0.4) is 0 Å². The Labute approximate surface area is 129 Å². The van der Waals surface area contributed by atoms with Crippen molar-refractivity contribution in [1.29, 1.82) is 0 Å². The molecule has 0 aliphatic rings. The molecule has 0 aromatic carbocycles. The van der Waals surface area contributed by atoms with Crippen LogP contribution in [0.25, 0.3) is 0 Å². The van der Waals surface area contributed by atoms with Crippen molar-refractivity contribution in [2.24, 2.45) is 0 Å². The maximum absolute atomic E-state index is 6.01. The lowest BCUT2D eigenvalue weighted by Crippen LogP contribution is -2.08. The molecule has 0 amide bonds. The zero-order valence-electron chi connectivity index (χ0n) is 12.3. The third kappa shape index (κ3) is 4.65. The Hall–Kier alpha value is -1.72. The monoisotopic (exact) mass is 306 g/mol. The van der Waals surface area contributed by atoms with Crippen LogP contribution in [0.1, 0.15) is 30.9 Å². The fourth-order valence-electron chi connectivity index (χ4n) is 1.94. The van der Waals surface area contributed by atoms with Crippen LogP contribution in [0.5, 0.6) is 0 Å². The summed E-state index contributed by atoms with van der Waals surface area (Å²) in [5, 5.41) is 3.64. The van der Waals surface area contributed by atoms with Gasteiger partial charge in [0.25, 0.3) is 0 Å². The van der Waals surface area contributed by atoms with Gasteiger partial charge in [0, 0.05) is 18.9 Å². The lowest BCUT2D eigenvalue weighted by molar-refractivity contribution is 0.128. The van der Waals surface area contributed by atoms with Crippen LogP contribution < -0.4 is 5.32 Å². The Bertz CT molecular complexity index is 592. The number of pyridine rings is 1. The topological polar surface area (TPSA) is 59.9 Å². The van der Waals surface area contributed by atoms with E-state index in [9.17, 15) is 0 Å². The van der Waals surface area contributed by atoms with Gasteiger partial charge in [-0.2, -0.15) is 0 Å². The van der Waals surface area contributed by atoms with E-state index < -0.39 is 0 Å². The number of aryl methyl sites for hydroxylation is 1. The highest BCUT2D eigenvalue weighted by Crippen LogP contribution is 2.14. The Morgan fingerprint density at radius 1 is 1.29 bits per heavy atom. The number of ether oxygens (including phenoxy) is 1. The SMILES string of the molecule is CCOCc1nc(Cl)cc(NCc2ncccc2CC)n1. The van der Waals surface area contributed by atoms with Crippen LogP contribution in [-0.4, -0.2) is 21.6 Å². The normalized spacial score (nSPS) is 10.6. The van der Waals surface area contributed by atoms with Gasteiger partial charge in [0.15, 0.2) is 5.82 Å². The number of anilines is 1. The molecule has 1 N–H and O–H groups in total. The summed E-state index contributed by atoms with van der Waals surface area (Å²) in [5.74, 6) is 1.25. The standard InChI is InChI=1S/C15H19ClN4O/c1-3-11-6-5-7-17-12(11)9-18-14-8-13(16)19-15(20-14)10-21-4-2/h5-8H,3-4,9-10H2,1-2H3,(H,18,19,20). The molecule has 6 heteroatoms. The van der Waals surface area contributed by atoms with Gasteiger partial charge in [-0.3, -0.25) is 4.98 Å². The molecule has 0 atom stereocenters. The highest BCUT2D eigenvalue weighted by Gasteiger charge is 2.05. The lowest BCUT2D eigenvalue weighted by Gasteiger charge is -2.10. The third-order valence-electron chi connectivity index (χ3n) is 2.98. The molecule has 0 saturated carbocycles. The molecule has 21 heavy (non-hydrogen) atoms. The van der Waals surface area contributed by atoms with Crippen LogP contribution in [0, 0.1) is 0 Å². The molecule has 0 bridgehead atoms. The minimum atomic E-state index is 0.357. The number of halogens is 1. The first-order valence-corrected chi connectivity index (χ1v) is 7.38. The average Bonchev–Trinajstić information content (AvgIpc) is 2.50. The fourth-order valence-corrected chi connectivity index (χ4v) is 2.14. The molecule has 0 radical (unpaired) electrons. The summed E-state index contributed by atoms with van der Waals surface area (Å²) in [6, 6.07) is 5.73. The van der Waals surface area contributed by atoms with E-state index in [1.165, 1.54) is 5.56 Å². The highest BCUT2D eigenvalue weighted by atomic mass is 35.5. The molecule has 0 unspecified atom stereocenters. The summed E-state index contributed by atoms with van der Waals surface area (Å²) < 4.78 is 5.31. The van der Waals surface area contributed by atoms with E-state index >= 15 is 0 Å². The molecule has 5 nitrogen and oxygen atoms in total. The van der Waals surface area contributed by atoms with Gasteiger partial charge in [-0.25, -0.2) is 9.97 Å². The van der Waals surface area contributed by atoms with Gasteiger partial charge in [-0.15, -0.1) is 0 Å². The zero-order valence-corrected chi connectivity index (χ0v) is 13.0. The van der Waals surface area contributed by atoms with E-state index in [2.05, 4.69) is 33.3 Å². The average molecular weight is 307 g/mol. The number of rotatable bonds is 7. The summed E-state index contributed by atoms with van der Waals surface area (Å²) in [7, 11) is 0. The summed E-state index contributed by atoms with van der Waals surface area (Å²) in [4.78, 5) is 12.9. The maximum Gasteiger partial charge on any atom is 0.158 e. The van der Waals surface area contributed by atoms with E-state index in [4.69, 9.17) is 16.3 Å². The maximum atomic E-state index is 6.01. The van der Waals surface area contributed by atoms with Crippen LogP contribution in [-0.2, 0) is 24.3 Å². The van der Waals surface area contributed by atoms with E-state index in [0.29, 0.717) is 36.6 Å². The summed E-state index contributed by atoms with van der Waals surface area (Å²) in [6.45, 7) is 5.62. The first-order valence-electron chi connectivity index (χ1n) is 7.00. The number of nitrogens with zero attached hydrogens (tertiary/aromatic N) is 3. The van der Waals surface area contributed by atoms with Crippen molar-refractivity contribution in [3.8, 4) is 0 Å². The van der Waals surface area contributed by atoms with Crippen LogP contribution in [0.2, 0.25) is 5.15 Å². The van der Waals surface area contributed by atoms with Gasteiger partial charge in [-0.1, -0.05) is 24.6 Å². The number of aromatic nitrogens is 3. The largest absolute Gasteiger partial charge is 0.374 e. The molecule has 2 heterocycles. The second-order valence-corrected chi connectivity index (χ2v) is 4.83. The van der Waals surface area contributed by atoms with Crippen LogP contribution in [0.15, 0.2) is 24.4 Å². The lowest BCUT2D eigenvalue weighted by atomic mass is 10.1. The van der Waals surface area contributed by atoms with Gasteiger partial charge in [0.2, 0.25) is 0 Å². The number of nitrogens with one attached hydrogen (secondary N) is 1. The highest BCUT2D eigenvalue weighted by molar-refractivity contribution is 6.29. The third-order valence-corrected chi connectivity index (χ3v) is 3.17. The molecule has 0 saturated heterocycles. The van der Waals surface area contributed by atoms with Crippen LogP contribution in [0.4, 0.5) is 5.82 Å². The van der Waals surface area contributed by atoms with E-state index in [1.54, 1.807) is 12.3 Å². The summed E-state index contributed by atoms with van der Waals surface area (Å²) in [5.41, 5.74) is 2.24. The van der Waals surface area contributed by atoms with Crippen molar-refractivity contribution < 1.29 is 4.74 Å². The van der Waals surface area contributed by atoms with Crippen molar-refractivity contribution in [3.05, 3.63) is 46.6 Å². The van der Waals surface area contributed by atoms with Gasteiger partial charge < -0.3 is 10.1 Å². The quantitative estimate of drug-likeness (QED) is 0.796. The van der Waals surface area contributed by atoms with Crippen LogP contribution >= 0.6 is 11.6 Å². The predicted molar refractivity (Wildman–Crippen MR) is 83.3 cm³/mol. The van der Waals surface area contributed by atoms with Gasteiger partial charge in [0.1, 0.15) is 17.6 Å². The van der Waals surface area contributed by atoms with Gasteiger partial charge in [0.05, 0.1) is 12.2 Å². The molecule has 0 fully saturated rings. The number of hydrogen-bond donors (Lipinski definition) is 1. The first kappa shape index (κ1) is 15.7. The fraction of sp³-hybridized carbons (Fsp3) is 0.400. The Morgan fingerprint density at radius 3 is 2.90 bits per heavy atom. The minimum Gasteiger partial charge on any atom is -0.374 e. The molecule has 2 aromatic heterocycles. The molecular formula is C15H19ClN4O. The minimum absolute atomic E-state index is 0.357. The van der Waals surface area contributed by atoms with Gasteiger partial charge >= 0.3 is 0 Å². The summed E-state index contributed by atoms with van der Waals surface area (Å²) in [6.07, 6.45) is 2.74. The van der Waals surface area contributed by atoms with Crippen molar-refractivity contribution in [1.82, 2.24) is 15.0 Å². The van der Waals surface area contributed by atoms with E-state index in [-0.39, 0.29) is 0 Å². The first-order chi connectivity index (χ1) is 10.2. The van der Waals surface area contributed by atoms with E-state index in [0.717, 1.165) is 12.1 Å². The second-order valence-electron chi connectivity index (χ2n) is 4.45. The summed E-state index contributed by atoms with van der Waals surface area (Å²) >= 11 is 6.01. The Balaban J connectivity index is 2.07. The van der Waals surface area contributed by atoms with Gasteiger partial charge in [-0.05, 0) is 25.0 Å². The Kier molecular flexibility index (Phi) is 5.90. The smallest absolute Gasteiger partial charge is 0.158 e. The zero-order chi connectivity index (χ0) is 15.1. The molecule has 0 aliphatic carbocycles. The predicted octanol–water partition coefficient (Wildman–Crippen LogP) is 3.24. The Morgan fingerprint density at radius 2 is 2.14 bits per heavy atom. The second kappa shape index (κ2) is 7.90.